The first-order chi connectivity index (χ1) is 11.7. The fourth-order valence-electron chi connectivity index (χ4n) is 2.26. The van der Waals surface area contributed by atoms with Crippen LogP contribution in [0, 0.1) is 0 Å². The first-order valence-corrected chi connectivity index (χ1v) is 9.63. The molecule has 7 heteroatoms. The number of aryl methyl sites for hydroxylation is 2. The summed E-state index contributed by atoms with van der Waals surface area (Å²) in [5, 5.41) is 14.3. The lowest BCUT2D eigenvalue weighted by atomic mass is 10.1. The Morgan fingerprint density at radius 3 is 2.79 bits per heavy atom. The van der Waals surface area contributed by atoms with Gasteiger partial charge in [-0.1, -0.05) is 55.1 Å². The Balaban J connectivity index is 1.69. The van der Waals surface area contributed by atoms with Crippen molar-refractivity contribution in [1.29, 1.82) is 0 Å². The number of carbonyl (C=O) groups is 1. The van der Waals surface area contributed by atoms with Gasteiger partial charge in [-0.15, -0.1) is 10.2 Å². The SMILES string of the molecule is CCc1nnc(NC(=O)CSc2nc3ccccc3cc2CC)s1. The van der Waals surface area contributed by atoms with Crippen molar-refractivity contribution in [2.75, 3.05) is 11.1 Å². The molecule has 0 fully saturated rings. The number of amides is 1. The zero-order valence-electron chi connectivity index (χ0n) is 13.6. The Hall–Kier alpha value is -1.99. The van der Waals surface area contributed by atoms with Crippen molar-refractivity contribution >= 4 is 45.0 Å². The highest BCUT2D eigenvalue weighted by atomic mass is 32.2. The second-order valence-electron chi connectivity index (χ2n) is 5.19. The fraction of sp³-hybridized carbons (Fsp3) is 0.294. The molecule has 2 heterocycles. The van der Waals surface area contributed by atoms with Crippen molar-refractivity contribution in [2.45, 2.75) is 31.7 Å². The number of aromatic nitrogens is 3. The maximum absolute atomic E-state index is 12.1. The predicted octanol–water partition coefficient (Wildman–Crippen LogP) is 3.94. The molecule has 124 valence electrons. The number of hydrogen-bond donors (Lipinski definition) is 1. The monoisotopic (exact) mass is 358 g/mol. The lowest BCUT2D eigenvalue weighted by Crippen LogP contribution is -2.14. The van der Waals surface area contributed by atoms with Gasteiger partial charge < -0.3 is 0 Å². The highest BCUT2D eigenvalue weighted by molar-refractivity contribution is 8.00. The summed E-state index contributed by atoms with van der Waals surface area (Å²) < 4.78 is 0. The maximum Gasteiger partial charge on any atom is 0.236 e. The lowest BCUT2D eigenvalue weighted by Gasteiger charge is -2.08. The molecule has 0 aliphatic rings. The summed E-state index contributed by atoms with van der Waals surface area (Å²) in [7, 11) is 0. The molecule has 1 N–H and O–H groups in total. The van der Waals surface area contributed by atoms with Crippen LogP contribution in [0.15, 0.2) is 35.4 Å². The van der Waals surface area contributed by atoms with Crippen molar-refractivity contribution < 1.29 is 4.79 Å². The lowest BCUT2D eigenvalue weighted by molar-refractivity contribution is -0.113. The molecule has 1 amide bonds. The molecule has 0 aliphatic heterocycles. The topological polar surface area (TPSA) is 67.8 Å². The molecule has 3 rings (SSSR count). The molecule has 24 heavy (non-hydrogen) atoms. The molecule has 0 saturated heterocycles. The summed E-state index contributed by atoms with van der Waals surface area (Å²) in [5.41, 5.74) is 2.12. The van der Waals surface area contributed by atoms with Gasteiger partial charge in [0.05, 0.1) is 11.3 Å². The summed E-state index contributed by atoms with van der Waals surface area (Å²) in [6.07, 6.45) is 1.71. The first kappa shape index (κ1) is 16.9. The van der Waals surface area contributed by atoms with Gasteiger partial charge in [-0.05, 0) is 30.5 Å². The maximum atomic E-state index is 12.1. The summed E-state index contributed by atoms with van der Waals surface area (Å²) >= 11 is 2.87. The molecule has 0 bridgehead atoms. The van der Waals surface area contributed by atoms with Crippen LogP contribution >= 0.6 is 23.1 Å². The average Bonchev–Trinajstić information content (AvgIpc) is 3.06. The van der Waals surface area contributed by atoms with E-state index < -0.39 is 0 Å². The van der Waals surface area contributed by atoms with Gasteiger partial charge in [-0.2, -0.15) is 0 Å². The first-order valence-electron chi connectivity index (χ1n) is 7.83. The third-order valence-corrected chi connectivity index (χ3v) is 5.52. The molecule has 0 radical (unpaired) electrons. The van der Waals surface area contributed by atoms with E-state index in [9.17, 15) is 4.79 Å². The molecular formula is C17H18N4OS2. The highest BCUT2D eigenvalue weighted by Gasteiger charge is 2.11. The van der Waals surface area contributed by atoms with Crippen LogP contribution in [-0.4, -0.2) is 26.8 Å². The number of fused-ring (bicyclic) bond motifs is 1. The number of para-hydroxylation sites is 1. The van der Waals surface area contributed by atoms with E-state index in [1.165, 1.54) is 23.1 Å². The number of pyridine rings is 1. The van der Waals surface area contributed by atoms with Crippen LogP contribution in [0.4, 0.5) is 5.13 Å². The van der Waals surface area contributed by atoms with Crippen LogP contribution in [0.2, 0.25) is 0 Å². The smallest absolute Gasteiger partial charge is 0.236 e. The van der Waals surface area contributed by atoms with Crippen LogP contribution < -0.4 is 5.32 Å². The molecule has 0 saturated carbocycles. The molecule has 0 unspecified atom stereocenters. The van der Waals surface area contributed by atoms with E-state index in [0.717, 1.165) is 39.3 Å². The minimum absolute atomic E-state index is 0.0872. The van der Waals surface area contributed by atoms with E-state index in [0.29, 0.717) is 10.9 Å². The number of anilines is 1. The van der Waals surface area contributed by atoms with Gasteiger partial charge >= 0.3 is 0 Å². The minimum atomic E-state index is -0.0872. The largest absolute Gasteiger partial charge is 0.300 e. The summed E-state index contributed by atoms with van der Waals surface area (Å²) in [6, 6.07) is 10.2. The number of rotatable bonds is 6. The van der Waals surface area contributed by atoms with Gasteiger partial charge in [0.15, 0.2) is 0 Å². The van der Waals surface area contributed by atoms with Crippen LogP contribution in [0.1, 0.15) is 24.4 Å². The van der Waals surface area contributed by atoms with E-state index in [4.69, 9.17) is 4.98 Å². The van der Waals surface area contributed by atoms with Crippen LogP contribution in [0.5, 0.6) is 0 Å². The second kappa shape index (κ2) is 7.72. The van der Waals surface area contributed by atoms with E-state index in [1.54, 1.807) is 0 Å². The van der Waals surface area contributed by atoms with Gasteiger partial charge in [0.2, 0.25) is 11.0 Å². The Bertz CT molecular complexity index is 863. The summed E-state index contributed by atoms with van der Waals surface area (Å²) in [5.74, 6) is 0.218. The Labute approximate surface area is 148 Å². The van der Waals surface area contributed by atoms with Crippen molar-refractivity contribution in [3.05, 3.63) is 40.9 Å². The van der Waals surface area contributed by atoms with Gasteiger partial charge in [-0.3, -0.25) is 10.1 Å². The van der Waals surface area contributed by atoms with Gasteiger partial charge in [0.25, 0.3) is 0 Å². The molecule has 5 nitrogen and oxygen atoms in total. The number of nitrogens with zero attached hydrogens (tertiary/aromatic N) is 3. The number of carbonyl (C=O) groups excluding carboxylic acids is 1. The van der Waals surface area contributed by atoms with E-state index in [2.05, 4.69) is 34.6 Å². The standard InChI is InChI=1S/C17H18N4OS2/c1-3-11-9-12-7-5-6-8-13(12)18-16(11)23-10-14(22)19-17-21-20-15(4-2)24-17/h5-9H,3-4,10H2,1-2H3,(H,19,21,22). The number of benzene rings is 1. The van der Waals surface area contributed by atoms with Gasteiger partial charge in [0, 0.05) is 5.39 Å². The van der Waals surface area contributed by atoms with Crippen LogP contribution in [-0.2, 0) is 17.6 Å². The zero-order valence-corrected chi connectivity index (χ0v) is 15.2. The van der Waals surface area contributed by atoms with Crippen molar-refractivity contribution in [3.63, 3.8) is 0 Å². The highest BCUT2D eigenvalue weighted by Crippen LogP contribution is 2.26. The third-order valence-electron chi connectivity index (χ3n) is 3.50. The molecule has 0 atom stereocenters. The Morgan fingerprint density at radius 1 is 1.21 bits per heavy atom. The number of thioether (sulfide) groups is 1. The normalized spacial score (nSPS) is 10.9. The van der Waals surface area contributed by atoms with Crippen molar-refractivity contribution in [3.8, 4) is 0 Å². The Kier molecular flexibility index (Phi) is 5.42. The Morgan fingerprint density at radius 2 is 2.04 bits per heavy atom. The molecular weight excluding hydrogens is 340 g/mol. The molecule has 0 spiro atoms. The van der Waals surface area contributed by atoms with Crippen LogP contribution in [0.25, 0.3) is 10.9 Å². The van der Waals surface area contributed by atoms with Gasteiger partial charge in [0.1, 0.15) is 10.0 Å². The summed E-state index contributed by atoms with van der Waals surface area (Å²) in [6.45, 7) is 4.11. The third kappa shape index (κ3) is 3.91. The van der Waals surface area contributed by atoms with E-state index in [1.807, 2.05) is 25.1 Å². The second-order valence-corrected chi connectivity index (χ2v) is 7.22. The van der Waals surface area contributed by atoms with E-state index >= 15 is 0 Å². The predicted molar refractivity (Wildman–Crippen MR) is 99.8 cm³/mol. The number of nitrogens with one attached hydrogen (secondary N) is 1. The molecule has 3 aromatic rings. The molecule has 2 aromatic heterocycles. The minimum Gasteiger partial charge on any atom is -0.300 e. The quantitative estimate of drug-likeness (QED) is 0.676. The summed E-state index contributed by atoms with van der Waals surface area (Å²) in [4.78, 5) is 16.8. The molecule has 1 aromatic carbocycles. The molecule has 0 aliphatic carbocycles. The van der Waals surface area contributed by atoms with Crippen LogP contribution in [0.3, 0.4) is 0 Å². The zero-order chi connectivity index (χ0) is 16.9. The average molecular weight is 358 g/mol. The fourth-order valence-corrected chi connectivity index (χ4v) is 3.84. The van der Waals surface area contributed by atoms with E-state index in [-0.39, 0.29) is 5.91 Å². The number of hydrogen-bond acceptors (Lipinski definition) is 6. The van der Waals surface area contributed by atoms with Crippen molar-refractivity contribution in [2.24, 2.45) is 0 Å². The van der Waals surface area contributed by atoms with Crippen molar-refractivity contribution in [1.82, 2.24) is 15.2 Å². The van der Waals surface area contributed by atoms with Gasteiger partial charge in [-0.25, -0.2) is 4.98 Å².